The van der Waals surface area contributed by atoms with E-state index in [0.29, 0.717) is 12.1 Å². The molecule has 0 unspecified atom stereocenters. The molecule has 1 aromatic heterocycles. The molecule has 5 heteroatoms. The van der Waals surface area contributed by atoms with E-state index in [0.717, 1.165) is 29.1 Å². The molecule has 2 aromatic carbocycles. The molecule has 1 amide bonds. The van der Waals surface area contributed by atoms with Crippen molar-refractivity contribution in [2.45, 2.75) is 6.92 Å². The number of carbonyl (C=O) groups excluding carboxylic acids is 1. The summed E-state index contributed by atoms with van der Waals surface area (Å²) in [7, 11) is 4.13. The first-order chi connectivity index (χ1) is 12.6. The van der Waals surface area contributed by atoms with E-state index >= 15 is 0 Å². The van der Waals surface area contributed by atoms with Gasteiger partial charge in [0.25, 0.3) is 5.91 Å². The normalized spacial score (nSPS) is 10.9. The topological polar surface area (TPSA) is 51.4 Å². The molecule has 3 aromatic rings. The van der Waals surface area contributed by atoms with Gasteiger partial charge in [0.2, 0.25) is 0 Å². The SMILES string of the molecule is Cc1ccccc1-n1ncc(C(=O)NCC[NH+](C)C)c1-c1ccccc1. The number of rotatable bonds is 6. The van der Waals surface area contributed by atoms with Crippen molar-refractivity contribution in [1.82, 2.24) is 15.1 Å². The quantitative estimate of drug-likeness (QED) is 0.712. The first-order valence-electron chi connectivity index (χ1n) is 8.84. The number of quaternary nitrogens is 1. The Hall–Kier alpha value is -2.92. The molecule has 2 N–H and O–H groups in total. The zero-order valence-corrected chi connectivity index (χ0v) is 15.5. The number of carbonyl (C=O) groups is 1. The molecule has 0 aliphatic rings. The van der Waals surface area contributed by atoms with Crippen molar-refractivity contribution in [1.29, 1.82) is 0 Å². The summed E-state index contributed by atoms with van der Waals surface area (Å²) in [6.45, 7) is 3.55. The van der Waals surface area contributed by atoms with E-state index in [4.69, 9.17) is 0 Å². The van der Waals surface area contributed by atoms with Gasteiger partial charge in [-0.15, -0.1) is 0 Å². The lowest BCUT2D eigenvalue weighted by Crippen LogP contribution is -3.06. The lowest BCUT2D eigenvalue weighted by Gasteiger charge is -2.13. The number of nitrogens with zero attached hydrogens (tertiary/aromatic N) is 2. The van der Waals surface area contributed by atoms with Crippen molar-refractivity contribution in [3.63, 3.8) is 0 Å². The van der Waals surface area contributed by atoms with E-state index in [9.17, 15) is 4.79 Å². The molecule has 134 valence electrons. The van der Waals surface area contributed by atoms with Gasteiger partial charge in [0.05, 0.1) is 50.3 Å². The zero-order valence-electron chi connectivity index (χ0n) is 15.5. The highest BCUT2D eigenvalue weighted by Gasteiger charge is 2.20. The van der Waals surface area contributed by atoms with Gasteiger partial charge in [0, 0.05) is 5.56 Å². The Labute approximate surface area is 154 Å². The highest BCUT2D eigenvalue weighted by Crippen LogP contribution is 2.27. The van der Waals surface area contributed by atoms with Crippen LogP contribution in [0.1, 0.15) is 15.9 Å². The summed E-state index contributed by atoms with van der Waals surface area (Å²) in [5.74, 6) is -0.0927. The standard InChI is InChI=1S/C21H24N4O/c1-16-9-7-8-12-19(16)25-20(17-10-5-4-6-11-17)18(15-23-25)21(26)22-13-14-24(2)3/h4-12,15H,13-14H2,1-3H3,(H,22,26)/p+1. The van der Waals surface area contributed by atoms with E-state index in [1.165, 1.54) is 4.90 Å². The van der Waals surface area contributed by atoms with Crippen LogP contribution in [0.25, 0.3) is 16.9 Å². The summed E-state index contributed by atoms with van der Waals surface area (Å²) in [5.41, 5.74) is 4.46. The molecule has 3 rings (SSSR count). The number of aryl methyl sites for hydroxylation is 1. The minimum atomic E-state index is -0.0927. The van der Waals surface area contributed by atoms with Gasteiger partial charge in [-0.05, 0) is 18.6 Å². The molecule has 0 spiro atoms. The van der Waals surface area contributed by atoms with Crippen molar-refractivity contribution in [2.24, 2.45) is 0 Å². The van der Waals surface area contributed by atoms with Crippen LogP contribution >= 0.6 is 0 Å². The molecule has 0 fully saturated rings. The van der Waals surface area contributed by atoms with Gasteiger partial charge in [-0.25, -0.2) is 4.68 Å². The first kappa shape index (κ1) is 17.9. The summed E-state index contributed by atoms with van der Waals surface area (Å²) in [6.07, 6.45) is 1.66. The van der Waals surface area contributed by atoms with Crippen LogP contribution in [0, 0.1) is 6.92 Å². The average molecular weight is 349 g/mol. The molecular weight excluding hydrogens is 324 g/mol. The van der Waals surface area contributed by atoms with Crippen LogP contribution in [-0.2, 0) is 0 Å². The predicted molar refractivity (Wildman–Crippen MR) is 104 cm³/mol. The van der Waals surface area contributed by atoms with Crippen LogP contribution in [0.5, 0.6) is 0 Å². The van der Waals surface area contributed by atoms with Crippen LogP contribution in [0.4, 0.5) is 0 Å². The van der Waals surface area contributed by atoms with Crippen LogP contribution in [0.15, 0.2) is 60.8 Å². The van der Waals surface area contributed by atoms with Crippen LogP contribution in [0.3, 0.4) is 0 Å². The van der Waals surface area contributed by atoms with Crippen molar-refractivity contribution in [3.05, 3.63) is 71.9 Å². The summed E-state index contributed by atoms with van der Waals surface area (Å²) in [6, 6.07) is 18.0. The highest BCUT2D eigenvalue weighted by atomic mass is 16.1. The van der Waals surface area contributed by atoms with Gasteiger partial charge in [0.15, 0.2) is 0 Å². The van der Waals surface area contributed by atoms with Gasteiger partial charge >= 0.3 is 0 Å². The summed E-state index contributed by atoms with van der Waals surface area (Å²) in [4.78, 5) is 14.1. The molecule has 0 bridgehead atoms. The summed E-state index contributed by atoms with van der Waals surface area (Å²) >= 11 is 0. The third-order valence-electron chi connectivity index (χ3n) is 4.32. The van der Waals surface area contributed by atoms with Crippen LogP contribution in [0.2, 0.25) is 0 Å². The van der Waals surface area contributed by atoms with Gasteiger partial charge in [-0.2, -0.15) is 5.10 Å². The molecular formula is C21H25N4O+. The minimum Gasteiger partial charge on any atom is -0.346 e. The largest absolute Gasteiger partial charge is 0.346 e. The van der Waals surface area contributed by atoms with Gasteiger partial charge in [0.1, 0.15) is 0 Å². The Bertz CT molecular complexity index is 884. The molecule has 0 atom stereocenters. The predicted octanol–water partition coefficient (Wildman–Crippen LogP) is 1.72. The maximum atomic E-state index is 12.8. The molecule has 0 saturated carbocycles. The number of likely N-dealkylation sites (N-methyl/N-ethyl adjacent to an activating group) is 1. The fourth-order valence-corrected chi connectivity index (χ4v) is 2.89. The van der Waals surface area contributed by atoms with Crippen molar-refractivity contribution < 1.29 is 9.69 Å². The molecule has 5 nitrogen and oxygen atoms in total. The number of hydrogen-bond donors (Lipinski definition) is 2. The Morgan fingerprint density at radius 1 is 1.08 bits per heavy atom. The Morgan fingerprint density at radius 3 is 2.46 bits per heavy atom. The molecule has 1 heterocycles. The van der Waals surface area contributed by atoms with Crippen molar-refractivity contribution in [3.8, 4) is 16.9 Å². The Balaban J connectivity index is 2.03. The van der Waals surface area contributed by atoms with Crippen LogP contribution in [-0.4, -0.2) is 42.9 Å². The van der Waals surface area contributed by atoms with E-state index in [-0.39, 0.29) is 5.91 Å². The van der Waals surface area contributed by atoms with E-state index in [1.54, 1.807) is 6.20 Å². The second-order valence-electron chi connectivity index (χ2n) is 6.68. The Kier molecular flexibility index (Phi) is 5.49. The summed E-state index contributed by atoms with van der Waals surface area (Å²) in [5, 5.41) is 7.55. The number of aromatic nitrogens is 2. The van der Waals surface area contributed by atoms with Crippen LogP contribution < -0.4 is 10.2 Å². The monoisotopic (exact) mass is 349 g/mol. The summed E-state index contributed by atoms with van der Waals surface area (Å²) < 4.78 is 1.86. The first-order valence-corrected chi connectivity index (χ1v) is 8.84. The number of hydrogen-bond acceptors (Lipinski definition) is 2. The van der Waals surface area contributed by atoms with Gasteiger partial charge in [-0.3, -0.25) is 4.79 Å². The third kappa shape index (κ3) is 3.83. The maximum Gasteiger partial charge on any atom is 0.255 e. The second kappa shape index (κ2) is 7.97. The van der Waals surface area contributed by atoms with Gasteiger partial charge in [-0.1, -0.05) is 48.5 Å². The number of benzene rings is 2. The van der Waals surface area contributed by atoms with E-state index in [1.807, 2.05) is 66.2 Å². The number of nitrogens with one attached hydrogen (secondary N) is 2. The lowest BCUT2D eigenvalue weighted by molar-refractivity contribution is -0.856. The number of para-hydroxylation sites is 1. The fraction of sp³-hybridized carbons (Fsp3) is 0.238. The second-order valence-corrected chi connectivity index (χ2v) is 6.68. The lowest BCUT2D eigenvalue weighted by atomic mass is 10.1. The van der Waals surface area contributed by atoms with E-state index < -0.39 is 0 Å². The molecule has 0 aliphatic heterocycles. The highest BCUT2D eigenvalue weighted by molar-refractivity contribution is 6.00. The molecule has 0 saturated heterocycles. The number of amides is 1. The molecule has 26 heavy (non-hydrogen) atoms. The molecule has 0 radical (unpaired) electrons. The van der Waals surface area contributed by atoms with Crippen molar-refractivity contribution >= 4 is 5.91 Å². The fourth-order valence-electron chi connectivity index (χ4n) is 2.89. The average Bonchev–Trinajstić information content (AvgIpc) is 3.07. The third-order valence-corrected chi connectivity index (χ3v) is 4.32. The van der Waals surface area contributed by atoms with Crippen molar-refractivity contribution in [2.75, 3.05) is 27.2 Å². The smallest absolute Gasteiger partial charge is 0.255 e. The van der Waals surface area contributed by atoms with Gasteiger partial charge < -0.3 is 10.2 Å². The zero-order chi connectivity index (χ0) is 18.5. The minimum absolute atomic E-state index is 0.0927. The Morgan fingerprint density at radius 2 is 1.77 bits per heavy atom. The maximum absolute atomic E-state index is 12.8. The van der Waals surface area contributed by atoms with E-state index in [2.05, 4.69) is 24.5 Å². The molecule has 0 aliphatic carbocycles.